The van der Waals surface area contributed by atoms with Crippen LogP contribution in [0.2, 0.25) is 0 Å². The molecule has 1 amide bonds. The smallest absolute Gasteiger partial charge is 0.235 e. The molecule has 1 aliphatic rings. The van der Waals surface area contributed by atoms with E-state index in [4.69, 9.17) is 9.88 Å². The van der Waals surface area contributed by atoms with E-state index < -0.39 is 10.0 Å². The Morgan fingerprint density at radius 2 is 2.20 bits per heavy atom. The van der Waals surface area contributed by atoms with Crippen molar-refractivity contribution >= 4 is 21.9 Å². The van der Waals surface area contributed by atoms with Crippen LogP contribution in [-0.4, -0.2) is 43.7 Å². The average molecular weight is 300 g/mol. The number of carbonyl (C=O) groups is 1. The molecular weight excluding hydrogens is 284 g/mol. The Morgan fingerprint density at radius 1 is 1.50 bits per heavy atom. The molecule has 0 saturated carbocycles. The molecule has 0 radical (unpaired) electrons. The summed E-state index contributed by atoms with van der Waals surface area (Å²) in [5.41, 5.74) is 0.662. The number of anilines is 1. The summed E-state index contributed by atoms with van der Waals surface area (Å²) in [6, 6.07) is 1.64. The predicted molar refractivity (Wildman–Crippen MR) is 71.8 cm³/mol. The first-order valence-electron chi connectivity index (χ1n) is 5.99. The summed E-state index contributed by atoms with van der Waals surface area (Å²) < 4.78 is 27.2. The molecule has 0 aliphatic carbocycles. The van der Waals surface area contributed by atoms with Crippen molar-refractivity contribution in [3.63, 3.8) is 0 Å². The standard InChI is InChI=1S/C11H16N4O4S/c1-7-3-9(19-2)14-11(13-7)15-5-8(4-10(15)16)6-20(12,17)18/h3,8H,4-6H2,1-2H3,(H2,12,17,18). The van der Waals surface area contributed by atoms with Crippen molar-refractivity contribution in [1.82, 2.24) is 9.97 Å². The molecule has 0 aromatic carbocycles. The molecule has 20 heavy (non-hydrogen) atoms. The summed E-state index contributed by atoms with van der Waals surface area (Å²) in [4.78, 5) is 21.6. The maximum absolute atomic E-state index is 12.0. The van der Waals surface area contributed by atoms with E-state index in [1.807, 2.05) is 0 Å². The first-order chi connectivity index (χ1) is 9.28. The van der Waals surface area contributed by atoms with Crippen LogP contribution >= 0.6 is 0 Å². The number of amides is 1. The zero-order chi connectivity index (χ0) is 14.9. The number of hydrogen-bond donors (Lipinski definition) is 1. The Morgan fingerprint density at radius 3 is 2.80 bits per heavy atom. The van der Waals surface area contributed by atoms with Gasteiger partial charge in [0.05, 0.1) is 12.9 Å². The van der Waals surface area contributed by atoms with Gasteiger partial charge in [0, 0.05) is 30.6 Å². The van der Waals surface area contributed by atoms with Gasteiger partial charge in [0.2, 0.25) is 27.8 Å². The minimum absolute atomic E-state index is 0.121. The van der Waals surface area contributed by atoms with Crippen molar-refractivity contribution < 1.29 is 17.9 Å². The maximum Gasteiger partial charge on any atom is 0.235 e. The van der Waals surface area contributed by atoms with Crippen molar-refractivity contribution in [2.24, 2.45) is 11.1 Å². The molecule has 8 nitrogen and oxygen atoms in total. The second-order valence-electron chi connectivity index (χ2n) is 4.76. The molecule has 2 rings (SSSR count). The average Bonchev–Trinajstić information content (AvgIpc) is 2.66. The minimum atomic E-state index is -3.60. The zero-order valence-corrected chi connectivity index (χ0v) is 12.1. The van der Waals surface area contributed by atoms with Gasteiger partial charge in [0.15, 0.2) is 0 Å². The second-order valence-corrected chi connectivity index (χ2v) is 6.41. The maximum atomic E-state index is 12.0. The lowest BCUT2D eigenvalue weighted by atomic mass is 10.1. The molecule has 110 valence electrons. The van der Waals surface area contributed by atoms with Crippen LogP contribution in [-0.2, 0) is 14.8 Å². The van der Waals surface area contributed by atoms with Gasteiger partial charge >= 0.3 is 0 Å². The number of ether oxygens (including phenoxy) is 1. The van der Waals surface area contributed by atoms with Gasteiger partial charge in [0.1, 0.15) is 0 Å². The fraction of sp³-hybridized carbons (Fsp3) is 0.545. The highest BCUT2D eigenvalue weighted by molar-refractivity contribution is 7.89. The molecule has 1 saturated heterocycles. The normalized spacial score (nSPS) is 19.4. The summed E-state index contributed by atoms with van der Waals surface area (Å²) in [6.45, 7) is 2.00. The Balaban J connectivity index is 2.21. The van der Waals surface area contributed by atoms with Gasteiger partial charge < -0.3 is 4.74 Å². The van der Waals surface area contributed by atoms with E-state index >= 15 is 0 Å². The minimum Gasteiger partial charge on any atom is -0.481 e. The molecule has 1 unspecified atom stereocenters. The number of aryl methyl sites for hydroxylation is 1. The molecule has 1 aromatic rings. The summed E-state index contributed by atoms with van der Waals surface area (Å²) >= 11 is 0. The topological polar surface area (TPSA) is 115 Å². The van der Waals surface area contributed by atoms with E-state index in [-0.39, 0.29) is 36.5 Å². The highest BCUT2D eigenvalue weighted by Gasteiger charge is 2.34. The summed E-state index contributed by atoms with van der Waals surface area (Å²) in [5, 5.41) is 5.01. The van der Waals surface area contributed by atoms with Crippen LogP contribution in [0.1, 0.15) is 12.1 Å². The number of nitrogens with two attached hydrogens (primary N) is 1. The van der Waals surface area contributed by atoms with E-state index in [0.717, 1.165) is 0 Å². The van der Waals surface area contributed by atoms with E-state index in [1.54, 1.807) is 13.0 Å². The number of carbonyl (C=O) groups excluding carboxylic acids is 1. The van der Waals surface area contributed by atoms with E-state index in [9.17, 15) is 13.2 Å². The largest absolute Gasteiger partial charge is 0.481 e. The molecule has 1 atom stereocenters. The Labute approximate surface area is 117 Å². The van der Waals surface area contributed by atoms with Crippen LogP contribution in [0.3, 0.4) is 0 Å². The molecule has 1 fully saturated rings. The molecular formula is C11H16N4O4S. The molecule has 9 heteroatoms. The third-order valence-electron chi connectivity index (χ3n) is 2.94. The first kappa shape index (κ1) is 14.7. The van der Waals surface area contributed by atoms with E-state index in [0.29, 0.717) is 11.6 Å². The highest BCUT2D eigenvalue weighted by atomic mass is 32.2. The number of nitrogens with zero attached hydrogens (tertiary/aromatic N) is 3. The zero-order valence-electron chi connectivity index (χ0n) is 11.2. The van der Waals surface area contributed by atoms with Crippen molar-refractivity contribution in [2.45, 2.75) is 13.3 Å². The number of hydrogen-bond acceptors (Lipinski definition) is 6. The van der Waals surface area contributed by atoms with Crippen molar-refractivity contribution in [1.29, 1.82) is 0 Å². The number of aromatic nitrogens is 2. The Hall–Kier alpha value is -1.74. The predicted octanol–water partition coefficient (Wildman–Crippen LogP) is -0.565. The van der Waals surface area contributed by atoms with E-state index in [1.165, 1.54) is 12.0 Å². The van der Waals surface area contributed by atoms with Crippen molar-refractivity contribution in [3.8, 4) is 5.88 Å². The van der Waals surface area contributed by atoms with Crippen molar-refractivity contribution in [3.05, 3.63) is 11.8 Å². The van der Waals surface area contributed by atoms with Crippen LogP contribution in [0, 0.1) is 12.8 Å². The van der Waals surface area contributed by atoms with Crippen LogP contribution in [0.5, 0.6) is 5.88 Å². The summed E-state index contributed by atoms with van der Waals surface area (Å²) in [5.74, 6) is -0.198. The number of rotatable bonds is 4. The third-order valence-corrected chi connectivity index (χ3v) is 3.88. The third kappa shape index (κ3) is 3.42. The molecule has 2 N–H and O–H groups in total. The van der Waals surface area contributed by atoms with Gasteiger partial charge in [0.25, 0.3) is 0 Å². The van der Waals surface area contributed by atoms with Crippen LogP contribution < -0.4 is 14.8 Å². The first-order valence-corrected chi connectivity index (χ1v) is 7.70. The van der Waals surface area contributed by atoms with Crippen LogP contribution in [0.25, 0.3) is 0 Å². The fourth-order valence-corrected chi connectivity index (χ4v) is 3.05. The molecule has 1 aliphatic heterocycles. The fourth-order valence-electron chi connectivity index (χ4n) is 2.16. The number of primary sulfonamides is 1. The van der Waals surface area contributed by atoms with Gasteiger partial charge in [-0.05, 0) is 6.92 Å². The van der Waals surface area contributed by atoms with Gasteiger partial charge in [-0.3, -0.25) is 9.69 Å². The van der Waals surface area contributed by atoms with Gasteiger partial charge in [-0.2, -0.15) is 4.98 Å². The Bertz CT molecular complexity index is 631. The molecule has 2 heterocycles. The lowest BCUT2D eigenvalue weighted by Gasteiger charge is -2.15. The van der Waals surface area contributed by atoms with E-state index in [2.05, 4.69) is 9.97 Å². The highest BCUT2D eigenvalue weighted by Crippen LogP contribution is 2.24. The molecule has 0 spiro atoms. The van der Waals surface area contributed by atoms with Crippen LogP contribution in [0.4, 0.5) is 5.95 Å². The number of methoxy groups -OCH3 is 1. The molecule has 1 aromatic heterocycles. The lowest BCUT2D eigenvalue weighted by molar-refractivity contribution is -0.117. The summed E-state index contributed by atoms with van der Waals surface area (Å²) in [6.07, 6.45) is 0.121. The van der Waals surface area contributed by atoms with Crippen LogP contribution in [0.15, 0.2) is 6.07 Å². The van der Waals surface area contributed by atoms with Crippen molar-refractivity contribution in [2.75, 3.05) is 24.3 Å². The quantitative estimate of drug-likeness (QED) is 0.796. The Kier molecular flexibility index (Phi) is 3.91. The molecule has 0 bridgehead atoms. The lowest BCUT2D eigenvalue weighted by Crippen LogP contribution is -2.29. The summed E-state index contributed by atoms with van der Waals surface area (Å²) in [7, 11) is -2.13. The monoisotopic (exact) mass is 300 g/mol. The number of sulfonamides is 1. The van der Waals surface area contributed by atoms with Gasteiger partial charge in [-0.1, -0.05) is 0 Å². The SMILES string of the molecule is COc1cc(C)nc(N2CC(CS(N)(=O)=O)CC2=O)n1. The van der Waals surface area contributed by atoms with Gasteiger partial charge in [-0.25, -0.2) is 18.5 Å². The van der Waals surface area contributed by atoms with Gasteiger partial charge in [-0.15, -0.1) is 0 Å². The second kappa shape index (κ2) is 5.33.